The van der Waals surface area contributed by atoms with Crippen LogP contribution in [0.25, 0.3) is 11.3 Å². The number of aromatic nitrogens is 2. The van der Waals surface area contributed by atoms with Gasteiger partial charge in [-0.3, -0.25) is 8.99 Å². The number of carboxylic acids is 1. The fourth-order valence-corrected chi connectivity index (χ4v) is 5.00. The maximum absolute atomic E-state index is 13.3. The van der Waals surface area contributed by atoms with Crippen molar-refractivity contribution in [3.05, 3.63) is 64.8 Å². The Morgan fingerprint density at radius 2 is 1.86 bits per heavy atom. The summed E-state index contributed by atoms with van der Waals surface area (Å²) in [5.41, 5.74) is 1.99. The lowest BCUT2D eigenvalue weighted by Gasteiger charge is -2.31. The minimum Gasteiger partial charge on any atom is -0.476 e. The zero-order valence-electron chi connectivity index (χ0n) is 14.8. The van der Waals surface area contributed by atoms with E-state index in [0.717, 1.165) is 0 Å². The molecule has 1 aliphatic rings. The topological polar surface area (TPSA) is 92.5 Å². The molecule has 0 aliphatic carbocycles. The van der Waals surface area contributed by atoms with Gasteiger partial charge in [-0.05, 0) is 37.3 Å². The van der Waals surface area contributed by atoms with Crippen LogP contribution in [0.4, 0.5) is 5.69 Å². The molecular weight excluding hydrogens is 402 g/mol. The summed E-state index contributed by atoms with van der Waals surface area (Å²) in [5, 5.41) is 14.2. The third-order valence-corrected chi connectivity index (χ3v) is 6.71. The van der Waals surface area contributed by atoms with Gasteiger partial charge in [0.2, 0.25) is 0 Å². The van der Waals surface area contributed by atoms with Gasteiger partial charge in [0.1, 0.15) is 0 Å². The van der Waals surface area contributed by atoms with E-state index in [-0.39, 0.29) is 17.1 Å². The number of aryl methyl sites for hydroxylation is 1. The van der Waals surface area contributed by atoms with Crippen molar-refractivity contribution < 1.29 is 18.3 Å². The van der Waals surface area contributed by atoms with Crippen LogP contribution in [0.15, 0.2) is 53.4 Å². The number of para-hydroxylation sites is 1. The number of nitrogens with zero attached hydrogens (tertiary/aromatic N) is 3. The Labute approximate surface area is 166 Å². The average Bonchev–Trinajstić information content (AvgIpc) is 3.07. The molecule has 0 unspecified atom stereocenters. The summed E-state index contributed by atoms with van der Waals surface area (Å²) in [6.45, 7) is 2.21. The van der Waals surface area contributed by atoms with Gasteiger partial charge >= 0.3 is 5.97 Å². The van der Waals surface area contributed by atoms with Crippen molar-refractivity contribution in [2.75, 3.05) is 4.31 Å². The van der Waals surface area contributed by atoms with Gasteiger partial charge in [0.25, 0.3) is 10.0 Å². The van der Waals surface area contributed by atoms with E-state index in [1.54, 1.807) is 28.9 Å². The van der Waals surface area contributed by atoms with E-state index in [1.165, 1.54) is 28.6 Å². The largest absolute Gasteiger partial charge is 0.476 e. The molecule has 28 heavy (non-hydrogen) atoms. The predicted molar refractivity (Wildman–Crippen MR) is 105 cm³/mol. The number of carbonyl (C=O) groups is 1. The number of hydrogen-bond acceptors (Lipinski definition) is 4. The van der Waals surface area contributed by atoms with E-state index < -0.39 is 16.0 Å². The van der Waals surface area contributed by atoms with E-state index in [9.17, 15) is 18.3 Å². The second-order valence-electron chi connectivity index (χ2n) is 6.28. The maximum Gasteiger partial charge on any atom is 0.356 e. The number of rotatable bonds is 4. The molecule has 1 N–H and O–H groups in total. The first-order valence-corrected chi connectivity index (χ1v) is 10.4. The Morgan fingerprint density at radius 1 is 1.18 bits per heavy atom. The van der Waals surface area contributed by atoms with Crippen LogP contribution >= 0.6 is 11.6 Å². The van der Waals surface area contributed by atoms with Crippen LogP contribution < -0.4 is 4.31 Å². The molecule has 1 aliphatic heterocycles. The normalized spacial score (nSPS) is 13.1. The summed E-state index contributed by atoms with van der Waals surface area (Å²) in [6.07, 6.45) is 0. The number of sulfonamides is 1. The van der Waals surface area contributed by atoms with Crippen LogP contribution in [0.3, 0.4) is 0 Å². The summed E-state index contributed by atoms with van der Waals surface area (Å²) in [7, 11) is -3.93. The highest BCUT2D eigenvalue weighted by Crippen LogP contribution is 2.42. The zero-order valence-corrected chi connectivity index (χ0v) is 16.4. The number of carboxylic acid groups (broad SMARTS) is 1. The van der Waals surface area contributed by atoms with E-state index in [2.05, 4.69) is 5.10 Å². The summed E-state index contributed by atoms with van der Waals surface area (Å²) in [4.78, 5) is 11.8. The summed E-state index contributed by atoms with van der Waals surface area (Å²) in [5.74, 6) is -1.19. The molecule has 0 spiro atoms. The predicted octanol–water partition coefficient (Wildman–Crippen LogP) is 3.63. The number of anilines is 1. The Bertz CT molecular complexity index is 1190. The maximum atomic E-state index is 13.3. The van der Waals surface area contributed by atoms with Gasteiger partial charge < -0.3 is 5.11 Å². The van der Waals surface area contributed by atoms with Crippen molar-refractivity contribution in [3.63, 3.8) is 0 Å². The highest BCUT2D eigenvalue weighted by molar-refractivity contribution is 7.92. The van der Waals surface area contributed by atoms with Gasteiger partial charge in [-0.1, -0.05) is 29.8 Å². The van der Waals surface area contributed by atoms with Crippen molar-refractivity contribution in [1.29, 1.82) is 0 Å². The number of benzene rings is 2. The zero-order chi connectivity index (χ0) is 20.1. The molecule has 3 aromatic rings. The first kappa shape index (κ1) is 18.5. The molecule has 7 nitrogen and oxygen atoms in total. The van der Waals surface area contributed by atoms with Crippen LogP contribution in [0.5, 0.6) is 0 Å². The third kappa shape index (κ3) is 2.76. The summed E-state index contributed by atoms with van der Waals surface area (Å²) < 4.78 is 29.5. The van der Waals surface area contributed by atoms with Crippen LogP contribution in [0.1, 0.15) is 23.0 Å². The van der Waals surface area contributed by atoms with Crippen LogP contribution in [0, 0.1) is 0 Å². The van der Waals surface area contributed by atoms with Crippen molar-refractivity contribution in [2.24, 2.45) is 0 Å². The molecule has 0 amide bonds. The number of halogens is 1. The molecule has 4 rings (SSSR count). The lowest BCUT2D eigenvalue weighted by atomic mass is 9.99. The monoisotopic (exact) mass is 417 g/mol. The molecule has 0 saturated heterocycles. The van der Waals surface area contributed by atoms with E-state index in [0.29, 0.717) is 34.1 Å². The van der Waals surface area contributed by atoms with Crippen molar-refractivity contribution in [1.82, 2.24) is 9.78 Å². The van der Waals surface area contributed by atoms with Crippen molar-refractivity contribution in [2.45, 2.75) is 24.9 Å². The fourth-order valence-electron chi connectivity index (χ4n) is 3.42. The molecule has 0 saturated carbocycles. The number of aromatic carboxylic acids is 1. The standard InChI is InChI=1S/C19H16ClN3O4S/c1-2-22-18-14-5-3-4-6-16(14)23(11-15(18)17(21-22)19(24)25)28(26,27)13-9-7-12(20)8-10-13/h3-10H,2,11H2,1H3,(H,24,25). The molecule has 0 fully saturated rings. The first-order valence-electron chi connectivity index (χ1n) is 8.55. The molecule has 9 heteroatoms. The Morgan fingerprint density at radius 3 is 2.50 bits per heavy atom. The minimum atomic E-state index is -3.93. The molecular formula is C19H16ClN3O4S. The van der Waals surface area contributed by atoms with Gasteiger partial charge in [-0.2, -0.15) is 5.10 Å². The molecule has 144 valence electrons. The summed E-state index contributed by atoms with van der Waals surface area (Å²) >= 11 is 5.89. The third-order valence-electron chi connectivity index (χ3n) is 4.68. The molecule has 2 aromatic carbocycles. The Balaban J connectivity index is 1.95. The Kier molecular flexibility index (Phi) is 4.40. The number of fused-ring (bicyclic) bond motifs is 3. The Hall–Kier alpha value is -2.84. The van der Waals surface area contributed by atoms with Gasteiger partial charge in [0.15, 0.2) is 5.69 Å². The van der Waals surface area contributed by atoms with Gasteiger partial charge in [0, 0.05) is 22.7 Å². The van der Waals surface area contributed by atoms with E-state index >= 15 is 0 Å². The first-order chi connectivity index (χ1) is 13.3. The van der Waals surface area contributed by atoms with Crippen LogP contribution in [-0.2, 0) is 23.1 Å². The molecule has 1 aromatic heterocycles. The van der Waals surface area contributed by atoms with E-state index in [4.69, 9.17) is 11.6 Å². The second kappa shape index (κ2) is 6.65. The van der Waals surface area contributed by atoms with Gasteiger partial charge in [-0.15, -0.1) is 0 Å². The second-order valence-corrected chi connectivity index (χ2v) is 8.58. The van der Waals surface area contributed by atoms with Gasteiger partial charge in [-0.25, -0.2) is 13.2 Å². The van der Waals surface area contributed by atoms with Crippen molar-refractivity contribution >= 4 is 33.3 Å². The summed E-state index contributed by atoms with van der Waals surface area (Å²) in [6, 6.07) is 12.9. The SMILES string of the molecule is CCn1nc(C(=O)O)c2c1-c1ccccc1N(S(=O)(=O)c1ccc(Cl)cc1)C2. The van der Waals surface area contributed by atoms with Crippen LogP contribution in [0.2, 0.25) is 5.02 Å². The molecule has 0 bridgehead atoms. The minimum absolute atomic E-state index is 0.0786. The van der Waals surface area contributed by atoms with E-state index in [1.807, 2.05) is 6.92 Å². The molecule has 0 radical (unpaired) electrons. The fraction of sp³-hybridized carbons (Fsp3) is 0.158. The highest BCUT2D eigenvalue weighted by atomic mass is 35.5. The smallest absolute Gasteiger partial charge is 0.356 e. The average molecular weight is 418 g/mol. The molecule has 0 atom stereocenters. The van der Waals surface area contributed by atoms with Crippen molar-refractivity contribution in [3.8, 4) is 11.3 Å². The van der Waals surface area contributed by atoms with Crippen LogP contribution in [-0.4, -0.2) is 29.3 Å². The van der Waals surface area contributed by atoms with Gasteiger partial charge in [0.05, 0.1) is 22.8 Å². The molecule has 2 heterocycles. The lowest BCUT2D eigenvalue weighted by Crippen LogP contribution is -2.33. The lowest BCUT2D eigenvalue weighted by molar-refractivity contribution is 0.0688. The highest BCUT2D eigenvalue weighted by Gasteiger charge is 2.36. The number of hydrogen-bond donors (Lipinski definition) is 1. The quantitative estimate of drug-likeness (QED) is 0.699.